The van der Waals surface area contributed by atoms with Gasteiger partial charge in [-0.15, -0.1) is 0 Å². The highest BCUT2D eigenvalue weighted by molar-refractivity contribution is 7.91. The number of benzene rings is 1. The van der Waals surface area contributed by atoms with Gasteiger partial charge in [0.2, 0.25) is 0 Å². The van der Waals surface area contributed by atoms with Crippen molar-refractivity contribution in [2.45, 2.75) is 18.9 Å². The van der Waals surface area contributed by atoms with E-state index in [0.717, 1.165) is 0 Å². The number of aromatic amines is 1. The molecule has 1 aliphatic heterocycles. The average molecular weight is 282 g/mol. The molecule has 0 aliphatic carbocycles. The highest BCUT2D eigenvalue weighted by Crippen LogP contribution is 2.29. The zero-order valence-electron chi connectivity index (χ0n) is 10.2. The predicted molar refractivity (Wildman–Crippen MR) is 71.1 cm³/mol. The number of H-pyrrole nitrogens is 1. The van der Waals surface area contributed by atoms with Gasteiger partial charge in [-0.1, -0.05) is 6.07 Å². The Morgan fingerprint density at radius 2 is 2.16 bits per heavy atom. The minimum Gasteiger partial charge on any atom is -0.506 e. The first-order valence-electron chi connectivity index (χ1n) is 6.10. The molecule has 1 aromatic heterocycles. The van der Waals surface area contributed by atoms with Crippen LogP contribution in [0.4, 0.5) is 0 Å². The summed E-state index contributed by atoms with van der Waals surface area (Å²) < 4.78 is 24.8. The standard InChI is InChI=1S/C12H14N2O4S/c15-10-5-1-4-9-11(10)14(12(16)13-9)8-3-2-6-19(17,18)7-8/h1,4-5,8,15H,2-3,6-7H2,(H,13,16). The second-order valence-electron chi connectivity index (χ2n) is 4.88. The highest BCUT2D eigenvalue weighted by atomic mass is 32.2. The Morgan fingerprint density at radius 3 is 2.89 bits per heavy atom. The van der Waals surface area contributed by atoms with Crippen LogP contribution in [-0.4, -0.2) is 34.6 Å². The van der Waals surface area contributed by atoms with Crippen LogP contribution in [0.3, 0.4) is 0 Å². The summed E-state index contributed by atoms with van der Waals surface area (Å²) >= 11 is 0. The van der Waals surface area contributed by atoms with E-state index in [1.807, 2.05) is 0 Å². The Morgan fingerprint density at radius 1 is 1.37 bits per heavy atom. The molecule has 3 rings (SSSR count). The lowest BCUT2D eigenvalue weighted by molar-refractivity contribution is 0.452. The van der Waals surface area contributed by atoms with Crippen molar-refractivity contribution < 1.29 is 13.5 Å². The van der Waals surface area contributed by atoms with Gasteiger partial charge in [-0.25, -0.2) is 13.2 Å². The Balaban J connectivity index is 2.20. The van der Waals surface area contributed by atoms with Crippen molar-refractivity contribution in [3.05, 3.63) is 28.7 Å². The summed E-state index contributed by atoms with van der Waals surface area (Å²) in [6, 6.07) is 4.40. The third kappa shape index (κ3) is 2.03. The molecule has 102 valence electrons. The lowest BCUT2D eigenvalue weighted by Crippen LogP contribution is -2.32. The molecule has 6 nitrogen and oxygen atoms in total. The highest BCUT2D eigenvalue weighted by Gasteiger charge is 2.28. The number of phenolic OH excluding ortho intramolecular Hbond substituents is 1. The molecule has 19 heavy (non-hydrogen) atoms. The number of aromatic nitrogens is 2. The molecule has 7 heteroatoms. The third-order valence-electron chi connectivity index (χ3n) is 3.52. The van der Waals surface area contributed by atoms with Crippen molar-refractivity contribution in [2.24, 2.45) is 0 Å². The topological polar surface area (TPSA) is 92.2 Å². The quantitative estimate of drug-likeness (QED) is 0.808. The van der Waals surface area contributed by atoms with E-state index in [1.165, 1.54) is 10.6 Å². The zero-order chi connectivity index (χ0) is 13.6. The van der Waals surface area contributed by atoms with Gasteiger partial charge in [-0.2, -0.15) is 0 Å². The van der Waals surface area contributed by atoms with Crippen molar-refractivity contribution in [3.8, 4) is 5.75 Å². The van der Waals surface area contributed by atoms with E-state index in [9.17, 15) is 18.3 Å². The fourth-order valence-corrected chi connectivity index (χ4v) is 4.39. The maximum Gasteiger partial charge on any atom is 0.326 e. The number of hydrogen-bond acceptors (Lipinski definition) is 4. The molecule has 0 radical (unpaired) electrons. The summed E-state index contributed by atoms with van der Waals surface area (Å²) in [7, 11) is -3.11. The maximum atomic E-state index is 12.0. The first kappa shape index (κ1) is 12.3. The third-order valence-corrected chi connectivity index (χ3v) is 5.32. The van der Waals surface area contributed by atoms with Gasteiger partial charge in [-0.3, -0.25) is 4.57 Å². The van der Waals surface area contributed by atoms with Gasteiger partial charge in [0, 0.05) is 0 Å². The number of hydrogen-bond donors (Lipinski definition) is 2. The summed E-state index contributed by atoms with van der Waals surface area (Å²) in [5, 5.41) is 9.90. The second kappa shape index (κ2) is 4.12. The van der Waals surface area contributed by atoms with E-state index in [0.29, 0.717) is 23.9 Å². The van der Waals surface area contributed by atoms with Gasteiger partial charge in [-0.05, 0) is 25.0 Å². The summed E-state index contributed by atoms with van der Waals surface area (Å²) in [4.78, 5) is 14.6. The predicted octanol–water partition coefficient (Wildman–Crippen LogP) is 0.785. The molecule has 2 N–H and O–H groups in total. The van der Waals surface area contributed by atoms with E-state index < -0.39 is 15.9 Å². The first-order chi connectivity index (χ1) is 8.98. The largest absolute Gasteiger partial charge is 0.506 e. The fraction of sp³-hybridized carbons (Fsp3) is 0.417. The smallest absolute Gasteiger partial charge is 0.326 e. The van der Waals surface area contributed by atoms with Gasteiger partial charge in [0.15, 0.2) is 9.84 Å². The molecule has 0 amide bonds. The molecule has 2 aromatic rings. The number of para-hydroxylation sites is 1. The fourth-order valence-electron chi connectivity index (χ4n) is 2.71. The van der Waals surface area contributed by atoms with E-state index in [2.05, 4.69) is 4.98 Å². The average Bonchev–Trinajstić information content (AvgIpc) is 2.65. The normalized spacial score (nSPS) is 22.6. The Kier molecular flexibility index (Phi) is 2.67. The molecular formula is C12H14N2O4S. The SMILES string of the molecule is O=c1[nH]c2cccc(O)c2n1C1CCCS(=O)(=O)C1. The molecule has 1 aliphatic rings. The molecule has 1 aromatic carbocycles. The van der Waals surface area contributed by atoms with Crippen molar-refractivity contribution >= 4 is 20.9 Å². The first-order valence-corrected chi connectivity index (χ1v) is 7.93. The number of nitrogens with zero attached hydrogens (tertiary/aromatic N) is 1. The monoisotopic (exact) mass is 282 g/mol. The van der Waals surface area contributed by atoms with E-state index in [1.54, 1.807) is 12.1 Å². The molecule has 0 bridgehead atoms. The molecule has 1 atom stereocenters. The van der Waals surface area contributed by atoms with E-state index in [-0.39, 0.29) is 22.9 Å². The number of fused-ring (bicyclic) bond motifs is 1. The number of aromatic hydroxyl groups is 1. The Bertz CT molecular complexity index is 788. The summed E-state index contributed by atoms with van der Waals surface area (Å²) in [6.45, 7) is 0. The van der Waals surface area contributed by atoms with Crippen LogP contribution in [0.1, 0.15) is 18.9 Å². The number of nitrogens with one attached hydrogen (secondary N) is 1. The van der Waals surface area contributed by atoms with Crippen molar-refractivity contribution in [1.82, 2.24) is 9.55 Å². The lowest BCUT2D eigenvalue weighted by Gasteiger charge is -2.23. The molecule has 2 heterocycles. The van der Waals surface area contributed by atoms with Crippen LogP contribution < -0.4 is 5.69 Å². The summed E-state index contributed by atoms with van der Waals surface area (Å²) in [6.07, 6.45) is 1.17. The lowest BCUT2D eigenvalue weighted by atomic mass is 10.1. The summed E-state index contributed by atoms with van der Waals surface area (Å²) in [5.74, 6) is 0.111. The minimum atomic E-state index is -3.11. The van der Waals surface area contributed by atoms with Gasteiger partial charge >= 0.3 is 5.69 Å². The molecular weight excluding hydrogens is 268 g/mol. The summed E-state index contributed by atoms with van der Waals surface area (Å²) in [5.41, 5.74) is 0.529. The Labute approximate surface area is 109 Å². The van der Waals surface area contributed by atoms with Crippen LogP contribution in [0.25, 0.3) is 11.0 Å². The van der Waals surface area contributed by atoms with Gasteiger partial charge in [0.25, 0.3) is 0 Å². The molecule has 0 spiro atoms. The zero-order valence-corrected chi connectivity index (χ0v) is 11.0. The molecule has 0 saturated carbocycles. The number of rotatable bonds is 1. The van der Waals surface area contributed by atoms with Gasteiger partial charge < -0.3 is 10.1 Å². The van der Waals surface area contributed by atoms with E-state index >= 15 is 0 Å². The van der Waals surface area contributed by atoms with Crippen LogP contribution in [0.2, 0.25) is 0 Å². The molecule has 1 saturated heterocycles. The van der Waals surface area contributed by atoms with Crippen LogP contribution in [0.5, 0.6) is 5.75 Å². The van der Waals surface area contributed by atoms with Crippen LogP contribution in [0.15, 0.2) is 23.0 Å². The molecule has 1 fully saturated rings. The van der Waals surface area contributed by atoms with Crippen molar-refractivity contribution in [2.75, 3.05) is 11.5 Å². The van der Waals surface area contributed by atoms with Gasteiger partial charge in [0.05, 0.1) is 23.1 Å². The van der Waals surface area contributed by atoms with Crippen LogP contribution >= 0.6 is 0 Å². The van der Waals surface area contributed by atoms with Gasteiger partial charge in [0.1, 0.15) is 11.3 Å². The minimum absolute atomic E-state index is 0.0150. The second-order valence-corrected chi connectivity index (χ2v) is 7.11. The van der Waals surface area contributed by atoms with Crippen molar-refractivity contribution in [3.63, 3.8) is 0 Å². The van der Waals surface area contributed by atoms with Crippen LogP contribution in [-0.2, 0) is 9.84 Å². The maximum absolute atomic E-state index is 12.0. The van der Waals surface area contributed by atoms with E-state index in [4.69, 9.17) is 0 Å². The number of phenols is 1. The molecule has 1 unspecified atom stereocenters. The Hall–Kier alpha value is -1.76. The number of imidazole rings is 1. The number of sulfone groups is 1. The van der Waals surface area contributed by atoms with Crippen molar-refractivity contribution in [1.29, 1.82) is 0 Å². The van der Waals surface area contributed by atoms with Crippen LogP contribution in [0, 0.1) is 0 Å².